The van der Waals surface area contributed by atoms with Gasteiger partial charge in [-0.05, 0) is 63.1 Å². The lowest BCUT2D eigenvalue weighted by Crippen LogP contribution is -2.43. The molecule has 104 valence electrons. The van der Waals surface area contributed by atoms with Crippen LogP contribution < -0.4 is 5.73 Å². The van der Waals surface area contributed by atoms with E-state index in [2.05, 4.69) is 36.9 Å². The van der Waals surface area contributed by atoms with Gasteiger partial charge >= 0.3 is 0 Å². The summed E-state index contributed by atoms with van der Waals surface area (Å²) in [6.45, 7) is 6.81. The van der Waals surface area contributed by atoms with Gasteiger partial charge in [0.1, 0.15) is 0 Å². The van der Waals surface area contributed by atoms with Crippen molar-refractivity contribution in [2.24, 2.45) is 11.7 Å². The van der Waals surface area contributed by atoms with E-state index in [-0.39, 0.29) is 0 Å². The molecular weight excluding hydrogens is 232 g/mol. The number of piperidine rings is 1. The van der Waals surface area contributed by atoms with Gasteiger partial charge in [0.2, 0.25) is 0 Å². The average molecular weight is 258 g/mol. The number of hydrogen-bond donors (Lipinski definition) is 1. The summed E-state index contributed by atoms with van der Waals surface area (Å²) >= 11 is 0. The highest BCUT2D eigenvalue weighted by atomic mass is 15.2. The number of nitrogens with zero attached hydrogens (tertiary/aromatic N) is 1. The van der Waals surface area contributed by atoms with Crippen molar-refractivity contribution < 1.29 is 0 Å². The second-order valence-corrected chi connectivity index (χ2v) is 6.51. The van der Waals surface area contributed by atoms with Crippen LogP contribution in [-0.4, -0.2) is 24.0 Å². The van der Waals surface area contributed by atoms with Crippen molar-refractivity contribution in [1.29, 1.82) is 0 Å². The fourth-order valence-corrected chi connectivity index (χ4v) is 3.83. The van der Waals surface area contributed by atoms with Gasteiger partial charge in [-0.2, -0.15) is 0 Å². The van der Waals surface area contributed by atoms with Crippen LogP contribution in [0.1, 0.15) is 48.9 Å². The van der Waals surface area contributed by atoms with Gasteiger partial charge in [0, 0.05) is 18.6 Å². The van der Waals surface area contributed by atoms with Gasteiger partial charge in [0.15, 0.2) is 0 Å². The fraction of sp³-hybridized carbons (Fsp3) is 0.647. The van der Waals surface area contributed by atoms with Crippen molar-refractivity contribution in [1.82, 2.24) is 4.90 Å². The minimum absolute atomic E-state index is 0.334. The normalized spacial score (nSPS) is 29.2. The Morgan fingerprint density at radius 3 is 2.95 bits per heavy atom. The summed E-state index contributed by atoms with van der Waals surface area (Å²) in [5, 5.41) is 0. The van der Waals surface area contributed by atoms with Crippen molar-refractivity contribution in [3.8, 4) is 0 Å². The van der Waals surface area contributed by atoms with Crippen LogP contribution in [0.15, 0.2) is 18.2 Å². The molecule has 2 nitrogen and oxygen atoms in total. The molecule has 2 aliphatic rings. The lowest BCUT2D eigenvalue weighted by Gasteiger charge is -2.38. The molecule has 1 saturated heterocycles. The molecule has 0 bridgehead atoms. The highest BCUT2D eigenvalue weighted by Crippen LogP contribution is 2.38. The second kappa shape index (κ2) is 5.26. The molecule has 0 radical (unpaired) electrons. The Hall–Kier alpha value is -0.860. The zero-order chi connectivity index (χ0) is 13.4. The zero-order valence-corrected chi connectivity index (χ0v) is 12.2. The average Bonchev–Trinajstić information content (AvgIpc) is 2.81. The second-order valence-electron chi connectivity index (χ2n) is 6.51. The summed E-state index contributed by atoms with van der Waals surface area (Å²) in [5.74, 6) is 0.683. The predicted molar refractivity (Wildman–Crippen MR) is 80.2 cm³/mol. The number of hydrogen-bond acceptors (Lipinski definition) is 2. The standard InChI is InChI=1S/C17H26N2/c1-12-5-6-14-7-8-17(16(14)10-12)19-9-3-4-15(11-19)13(2)18/h5-6,10,13,15,17H,3-4,7-9,11,18H2,1-2H3. The van der Waals surface area contributed by atoms with E-state index >= 15 is 0 Å². The van der Waals surface area contributed by atoms with E-state index in [1.54, 1.807) is 11.1 Å². The highest BCUT2D eigenvalue weighted by molar-refractivity contribution is 5.37. The summed E-state index contributed by atoms with van der Waals surface area (Å²) in [7, 11) is 0. The van der Waals surface area contributed by atoms with Crippen LogP contribution in [0, 0.1) is 12.8 Å². The van der Waals surface area contributed by atoms with Crippen molar-refractivity contribution in [2.75, 3.05) is 13.1 Å². The molecule has 3 rings (SSSR count). The van der Waals surface area contributed by atoms with E-state index in [0.717, 1.165) is 0 Å². The van der Waals surface area contributed by atoms with E-state index in [1.165, 1.54) is 44.3 Å². The number of likely N-dealkylation sites (tertiary alicyclic amines) is 1. The molecule has 0 aromatic heterocycles. The first-order chi connectivity index (χ1) is 9.15. The van der Waals surface area contributed by atoms with Crippen molar-refractivity contribution >= 4 is 0 Å². The Bertz CT molecular complexity index is 453. The number of nitrogens with two attached hydrogens (primary N) is 1. The number of benzene rings is 1. The molecule has 2 N–H and O–H groups in total. The highest BCUT2D eigenvalue weighted by Gasteiger charge is 2.32. The first kappa shape index (κ1) is 13.1. The summed E-state index contributed by atoms with van der Waals surface area (Å²) < 4.78 is 0. The summed E-state index contributed by atoms with van der Waals surface area (Å²) in [5.41, 5.74) is 10.7. The molecule has 3 atom stereocenters. The van der Waals surface area contributed by atoms with Crippen LogP contribution in [0.2, 0.25) is 0 Å². The van der Waals surface area contributed by atoms with Gasteiger partial charge in [0.25, 0.3) is 0 Å². The molecule has 1 aliphatic carbocycles. The van der Waals surface area contributed by atoms with Gasteiger partial charge in [-0.3, -0.25) is 4.90 Å². The molecule has 0 spiro atoms. The number of rotatable bonds is 2. The molecule has 1 heterocycles. The molecule has 0 amide bonds. The monoisotopic (exact) mass is 258 g/mol. The number of aryl methyl sites for hydroxylation is 2. The smallest absolute Gasteiger partial charge is 0.0354 e. The van der Waals surface area contributed by atoms with Gasteiger partial charge < -0.3 is 5.73 Å². The Morgan fingerprint density at radius 2 is 2.16 bits per heavy atom. The quantitative estimate of drug-likeness (QED) is 0.883. The van der Waals surface area contributed by atoms with Crippen LogP contribution in [0.25, 0.3) is 0 Å². The van der Waals surface area contributed by atoms with Gasteiger partial charge in [-0.1, -0.05) is 23.8 Å². The fourth-order valence-electron chi connectivity index (χ4n) is 3.83. The van der Waals surface area contributed by atoms with Crippen LogP contribution in [-0.2, 0) is 6.42 Å². The van der Waals surface area contributed by atoms with Gasteiger partial charge in [-0.15, -0.1) is 0 Å². The third-order valence-electron chi connectivity index (χ3n) is 5.02. The van der Waals surface area contributed by atoms with Crippen LogP contribution in [0.5, 0.6) is 0 Å². The van der Waals surface area contributed by atoms with E-state index in [1.807, 2.05) is 0 Å². The first-order valence-electron chi connectivity index (χ1n) is 7.74. The molecule has 1 aromatic rings. The Labute approximate surface area is 117 Å². The molecule has 1 fully saturated rings. The first-order valence-corrected chi connectivity index (χ1v) is 7.74. The number of fused-ring (bicyclic) bond motifs is 1. The molecule has 19 heavy (non-hydrogen) atoms. The van der Waals surface area contributed by atoms with Gasteiger partial charge in [0.05, 0.1) is 0 Å². The van der Waals surface area contributed by atoms with E-state index in [0.29, 0.717) is 18.0 Å². The SMILES string of the molecule is Cc1ccc2c(c1)C(N1CCCC(C(C)N)C1)CC2. The van der Waals surface area contributed by atoms with E-state index in [4.69, 9.17) is 5.73 Å². The lowest BCUT2D eigenvalue weighted by molar-refractivity contribution is 0.113. The van der Waals surface area contributed by atoms with Crippen molar-refractivity contribution in [3.63, 3.8) is 0 Å². The largest absolute Gasteiger partial charge is 0.328 e. The summed E-state index contributed by atoms with van der Waals surface area (Å²) in [6, 6.07) is 7.97. The molecular formula is C17H26N2. The molecule has 1 aliphatic heterocycles. The van der Waals surface area contributed by atoms with Crippen molar-refractivity contribution in [2.45, 2.75) is 51.6 Å². The van der Waals surface area contributed by atoms with Crippen molar-refractivity contribution in [3.05, 3.63) is 34.9 Å². The summed E-state index contributed by atoms with van der Waals surface area (Å²) in [6.07, 6.45) is 5.16. The zero-order valence-electron chi connectivity index (χ0n) is 12.2. The van der Waals surface area contributed by atoms with Crippen LogP contribution >= 0.6 is 0 Å². The van der Waals surface area contributed by atoms with E-state index < -0.39 is 0 Å². The lowest BCUT2D eigenvalue weighted by atomic mass is 9.90. The Kier molecular flexibility index (Phi) is 3.64. The molecule has 1 aromatic carbocycles. The van der Waals surface area contributed by atoms with E-state index in [9.17, 15) is 0 Å². The Balaban J connectivity index is 1.79. The minimum Gasteiger partial charge on any atom is -0.328 e. The topological polar surface area (TPSA) is 29.3 Å². The molecule has 3 unspecified atom stereocenters. The van der Waals surface area contributed by atoms with Gasteiger partial charge in [-0.25, -0.2) is 0 Å². The molecule has 2 heteroatoms. The third-order valence-corrected chi connectivity index (χ3v) is 5.02. The minimum atomic E-state index is 0.334. The predicted octanol–water partition coefficient (Wildman–Crippen LogP) is 3.04. The maximum atomic E-state index is 6.12. The third kappa shape index (κ3) is 2.56. The Morgan fingerprint density at radius 1 is 1.32 bits per heavy atom. The summed E-state index contributed by atoms with van der Waals surface area (Å²) in [4.78, 5) is 2.70. The maximum absolute atomic E-state index is 6.12. The maximum Gasteiger partial charge on any atom is 0.0354 e. The van der Waals surface area contributed by atoms with Crippen LogP contribution in [0.4, 0.5) is 0 Å². The molecule has 0 saturated carbocycles. The van der Waals surface area contributed by atoms with Crippen LogP contribution in [0.3, 0.4) is 0 Å².